The van der Waals surface area contributed by atoms with Gasteiger partial charge in [0.1, 0.15) is 4.60 Å². The van der Waals surface area contributed by atoms with Crippen molar-refractivity contribution in [2.45, 2.75) is 19.0 Å². The van der Waals surface area contributed by atoms with Gasteiger partial charge < -0.3 is 4.74 Å². The number of nitrogens with zero attached hydrogens (tertiary/aromatic N) is 1. The first-order chi connectivity index (χ1) is 8.68. The van der Waals surface area contributed by atoms with E-state index in [1.807, 2.05) is 0 Å². The van der Waals surface area contributed by atoms with E-state index >= 15 is 0 Å². The van der Waals surface area contributed by atoms with Crippen molar-refractivity contribution in [1.29, 1.82) is 0 Å². The fourth-order valence-corrected chi connectivity index (χ4v) is 1.99. The van der Waals surface area contributed by atoms with Crippen molar-refractivity contribution in [1.82, 2.24) is 4.98 Å². The quantitative estimate of drug-likeness (QED) is 0.477. The topological polar surface area (TPSA) is 39.2 Å². The van der Waals surface area contributed by atoms with Crippen LogP contribution in [0.2, 0.25) is 0 Å². The summed E-state index contributed by atoms with van der Waals surface area (Å²) < 4.78 is 67.5. The van der Waals surface area contributed by atoms with Gasteiger partial charge in [0.15, 0.2) is 0 Å². The Morgan fingerprint density at radius 3 is 2.47 bits per heavy atom. The summed E-state index contributed by atoms with van der Waals surface area (Å²) in [5.74, 6) is -1.05. The number of carbonyl (C=O) groups excluding carboxylic acids is 1. The number of rotatable bonds is 3. The summed E-state index contributed by atoms with van der Waals surface area (Å²) >= 11 is 2.55. The van der Waals surface area contributed by atoms with Crippen LogP contribution in [0.5, 0.6) is 0 Å². The standard InChI is InChI=1S/C10H7BrF5NO2/c1-19-6(18)2-4-5(9(12)13)3-17-8(11)7(4)10(14,15)16/h3,9H,2H2,1H3. The minimum Gasteiger partial charge on any atom is -0.469 e. The number of halogens is 6. The fraction of sp³-hybridized carbons (Fsp3) is 0.400. The van der Waals surface area contributed by atoms with Gasteiger partial charge in [-0.3, -0.25) is 4.79 Å². The summed E-state index contributed by atoms with van der Waals surface area (Å²) in [6, 6.07) is 0. The molecular weight excluding hydrogens is 341 g/mol. The summed E-state index contributed by atoms with van der Waals surface area (Å²) in [7, 11) is 0.952. The maximum absolute atomic E-state index is 12.8. The molecule has 3 nitrogen and oxygen atoms in total. The van der Waals surface area contributed by atoms with Crippen molar-refractivity contribution < 1.29 is 31.5 Å². The summed E-state index contributed by atoms with van der Waals surface area (Å²) in [6.07, 6.45) is -8.41. The lowest BCUT2D eigenvalue weighted by atomic mass is 10.0. The first-order valence-electron chi connectivity index (χ1n) is 4.78. The number of hydrogen-bond acceptors (Lipinski definition) is 3. The number of methoxy groups -OCH3 is 1. The van der Waals surface area contributed by atoms with E-state index < -0.39 is 46.3 Å². The second-order valence-electron chi connectivity index (χ2n) is 3.41. The number of pyridine rings is 1. The Kier molecular flexibility index (Phi) is 4.83. The Bertz CT molecular complexity index is 490. The zero-order chi connectivity index (χ0) is 14.8. The third-order valence-electron chi connectivity index (χ3n) is 2.24. The van der Waals surface area contributed by atoms with Gasteiger partial charge in [-0.2, -0.15) is 13.2 Å². The van der Waals surface area contributed by atoms with Gasteiger partial charge in [0.2, 0.25) is 0 Å². The molecule has 0 amide bonds. The molecule has 0 bridgehead atoms. The van der Waals surface area contributed by atoms with Crippen LogP contribution in [0.1, 0.15) is 23.1 Å². The van der Waals surface area contributed by atoms with Crippen molar-refractivity contribution in [2.24, 2.45) is 0 Å². The van der Waals surface area contributed by atoms with E-state index in [9.17, 15) is 26.7 Å². The number of hydrogen-bond donors (Lipinski definition) is 0. The van der Waals surface area contributed by atoms with Gasteiger partial charge in [-0.15, -0.1) is 0 Å². The first kappa shape index (κ1) is 15.8. The van der Waals surface area contributed by atoms with Gasteiger partial charge in [0.25, 0.3) is 6.43 Å². The monoisotopic (exact) mass is 347 g/mol. The van der Waals surface area contributed by atoms with Crippen molar-refractivity contribution in [3.05, 3.63) is 27.5 Å². The Hall–Kier alpha value is -1.25. The Labute approximate surface area is 112 Å². The molecule has 0 radical (unpaired) electrons. The van der Waals surface area contributed by atoms with E-state index in [1.165, 1.54) is 0 Å². The van der Waals surface area contributed by atoms with Gasteiger partial charge in [0, 0.05) is 11.8 Å². The molecule has 106 valence electrons. The smallest absolute Gasteiger partial charge is 0.419 e. The van der Waals surface area contributed by atoms with Crippen LogP contribution in [-0.2, 0) is 22.1 Å². The highest BCUT2D eigenvalue weighted by Gasteiger charge is 2.39. The summed E-state index contributed by atoms with van der Waals surface area (Å²) in [5, 5.41) is 0. The largest absolute Gasteiger partial charge is 0.469 e. The van der Waals surface area contributed by atoms with Gasteiger partial charge in [-0.05, 0) is 21.5 Å². The molecule has 0 saturated carbocycles. The molecule has 0 fully saturated rings. The highest BCUT2D eigenvalue weighted by atomic mass is 79.9. The lowest BCUT2D eigenvalue weighted by Gasteiger charge is -2.16. The lowest BCUT2D eigenvalue weighted by Crippen LogP contribution is -2.17. The number of alkyl halides is 5. The van der Waals surface area contributed by atoms with Crippen LogP contribution in [0.4, 0.5) is 22.0 Å². The van der Waals surface area contributed by atoms with Crippen molar-refractivity contribution in [3.8, 4) is 0 Å². The highest BCUT2D eigenvalue weighted by molar-refractivity contribution is 9.10. The van der Waals surface area contributed by atoms with E-state index in [1.54, 1.807) is 0 Å². The minimum absolute atomic E-state index is 0.599. The zero-order valence-electron chi connectivity index (χ0n) is 9.39. The molecule has 0 aromatic carbocycles. The molecule has 0 saturated heterocycles. The molecule has 1 rings (SSSR count). The molecule has 19 heavy (non-hydrogen) atoms. The molecule has 0 aliphatic carbocycles. The normalized spacial score (nSPS) is 11.8. The van der Waals surface area contributed by atoms with Crippen LogP contribution in [0.15, 0.2) is 10.8 Å². The van der Waals surface area contributed by atoms with Crippen molar-refractivity contribution >= 4 is 21.9 Å². The van der Waals surface area contributed by atoms with Gasteiger partial charge in [0.05, 0.1) is 19.1 Å². The van der Waals surface area contributed by atoms with Crippen LogP contribution in [0.25, 0.3) is 0 Å². The third kappa shape index (κ3) is 3.62. The van der Waals surface area contributed by atoms with E-state index in [-0.39, 0.29) is 0 Å². The molecule has 0 aliphatic rings. The summed E-state index contributed by atoms with van der Waals surface area (Å²) in [5.41, 5.74) is -3.17. The first-order valence-corrected chi connectivity index (χ1v) is 5.57. The van der Waals surface area contributed by atoms with Gasteiger partial charge in [-0.25, -0.2) is 13.8 Å². The van der Waals surface area contributed by atoms with Gasteiger partial charge >= 0.3 is 12.1 Å². The molecule has 1 aromatic rings. The predicted molar refractivity (Wildman–Crippen MR) is 57.6 cm³/mol. The SMILES string of the molecule is COC(=O)Cc1c(C(F)F)cnc(Br)c1C(F)(F)F. The Morgan fingerprint density at radius 1 is 1.47 bits per heavy atom. The highest BCUT2D eigenvalue weighted by Crippen LogP contribution is 2.39. The Balaban J connectivity index is 3.50. The number of ether oxygens (including phenoxy) is 1. The van der Waals surface area contributed by atoms with Crippen LogP contribution in [-0.4, -0.2) is 18.1 Å². The minimum atomic E-state index is -4.92. The number of aromatic nitrogens is 1. The van der Waals surface area contributed by atoms with Crippen LogP contribution in [0.3, 0.4) is 0 Å². The van der Waals surface area contributed by atoms with Crippen molar-refractivity contribution in [3.63, 3.8) is 0 Å². The summed E-state index contributed by atoms with van der Waals surface area (Å²) in [4.78, 5) is 14.3. The molecule has 0 spiro atoms. The molecule has 1 heterocycles. The zero-order valence-corrected chi connectivity index (χ0v) is 11.0. The molecule has 0 aliphatic heterocycles. The second-order valence-corrected chi connectivity index (χ2v) is 4.16. The summed E-state index contributed by atoms with van der Waals surface area (Å²) in [6.45, 7) is 0. The van der Waals surface area contributed by atoms with Crippen molar-refractivity contribution in [2.75, 3.05) is 7.11 Å². The molecule has 0 atom stereocenters. The lowest BCUT2D eigenvalue weighted by molar-refractivity contribution is -0.142. The molecular formula is C10H7BrF5NO2. The van der Waals surface area contributed by atoms with E-state index in [4.69, 9.17) is 0 Å². The van der Waals surface area contributed by atoms with E-state index in [0.29, 0.717) is 6.20 Å². The molecule has 0 unspecified atom stereocenters. The maximum Gasteiger partial charge on any atom is 0.419 e. The van der Waals surface area contributed by atoms with Crippen LogP contribution < -0.4 is 0 Å². The van der Waals surface area contributed by atoms with E-state index in [2.05, 4.69) is 25.7 Å². The average molecular weight is 348 g/mol. The maximum atomic E-state index is 12.8. The molecule has 0 N–H and O–H groups in total. The predicted octanol–water partition coefficient (Wildman–Crippen LogP) is 3.52. The fourth-order valence-electron chi connectivity index (χ4n) is 1.42. The third-order valence-corrected chi connectivity index (χ3v) is 2.84. The Morgan fingerprint density at radius 2 is 2.05 bits per heavy atom. The van der Waals surface area contributed by atoms with Gasteiger partial charge in [-0.1, -0.05) is 0 Å². The van der Waals surface area contributed by atoms with Crippen LogP contribution >= 0.6 is 15.9 Å². The van der Waals surface area contributed by atoms with E-state index in [0.717, 1.165) is 7.11 Å². The second kappa shape index (κ2) is 5.81. The molecule has 1 aromatic heterocycles. The molecule has 9 heteroatoms. The average Bonchev–Trinajstić information content (AvgIpc) is 2.26. The number of esters is 1. The van der Waals surface area contributed by atoms with Crippen LogP contribution in [0, 0.1) is 0 Å². The number of carbonyl (C=O) groups is 1.